The lowest BCUT2D eigenvalue weighted by molar-refractivity contribution is 0.660. The van der Waals surface area contributed by atoms with Gasteiger partial charge in [0, 0.05) is 58.5 Å². The predicted molar refractivity (Wildman–Crippen MR) is 231 cm³/mol. The monoisotopic (exact) mass is 706 g/mol. The first-order valence-corrected chi connectivity index (χ1v) is 19.6. The molecule has 0 aliphatic heterocycles. The van der Waals surface area contributed by atoms with E-state index < -0.39 is 0 Å². The maximum atomic E-state index is 2.49. The van der Waals surface area contributed by atoms with E-state index in [9.17, 15) is 0 Å². The van der Waals surface area contributed by atoms with Crippen LogP contribution in [0.4, 0.5) is 0 Å². The molecule has 3 aromatic heterocycles. The number of thiophene rings is 1. The minimum absolute atomic E-state index is 0.137. The van der Waals surface area contributed by atoms with Gasteiger partial charge in [0.25, 0.3) is 0 Å². The molecule has 54 heavy (non-hydrogen) atoms. The number of nitrogens with zero attached hydrogens (tertiary/aromatic N) is 2. The second kappa shape index (κ2) is 10.8. The molecule has 0 amide bonds. The molecule has 8 aromatic carbocycles. The lowest BCUT2D eigenvalue weighted by Crippen LogP contribution is -2.15. The van der Waals surface area contributed by atoms with Crippen molar-refractivity contribution in [3.63, 3.8) is 0 Å². The predicted octanol–water partition coefficient (Wildman–Crippen LogP) is 14.2. The second-order valence-corrected chi connectivity index (χ2v) is 16.4. The quantitative estimate of drug-likeness (QED) is 0.173. The summed E-state index contributed by atoms with van der Waals surface area (Å²) in [6.45, 7) is 4.77. The topological polar surface area (TPSA) is 9.86 Å². The van der Waals surface area contributed by atoms with E-state index in [1.54, 1.807) is 0 Å². The SMILES string of the molecule is CC1(C)c2ccc(-c3ccc4c(c3)c3ccccc3n4-c3ccccc3)cc2-c2ccc(-n3c4ccccc4c4cc5sc6ccccc6c5cc43)cc21. The van der Waals surface area contributed by atoms with Crippen LogP contribution in [0.5, 0.6) is 0 Å². The van der Waals surface area contributed by atoms with E-state index in [1.807, 2.05) is 11.3 Å². The van der Waals surface area contributed by atoms with Gasteiger partial charge in [0.05, 0.1) is 22.1 Å². The lowest BCUT2D eigenvalue weighted by Gasteiger charge is -2.22. The molecular weight excluding hydrogens is 673 g/mol. The molecular formula is C51H34N2S. The standard InChI is InChI=1S/C51H34N2S/c1-51(2)43-24-20-31(32-21-25-47-40(27-32)36-14-6-9-17-45(36)52(47)33-12-4-3-5-13-33)26-39(43)35-23-22-34(28-44(35)51)53-46-18-10-7-15-37(46)41-30-50-42(29-48(41)53)38-16-8-11-19-49(38)54-50/h3-30H,1-2H3. The van der Waals surface area contributed by atoms with Gasteiger partial charge in [-0.3, -0.25) is 0 Å². The number of rotatable bonds is 3. The Kier molecular flexibility index (Phi) is 6.03. The van der Waals surface area contributed by atoms with Gasteiger partial charge in [-0.05, 0) is 106 Å². The first kappa shape index (κ1) is 30.1. The summed E-state index contributed by atoms with van der Waals surface area (Å²) in [5.41, 5.74) is 15.1. The Balaban J connectivity index is 1.01. The Labute approximate surface area is 316 Å². The fourth-order valence-electron chi connectivity index (χ4n) is 9.53. The number of fused-ring (bicyclic) bond motifs is 12. The molecule has 0 saturated carbocycles. The van der Waals surface area contributed by atoms with Crippen molar-refractivity contribution in [3.05, 3.63) is 181 Å². The zero-order valence-electron chi connectivity index (χ0n) is 30.0. The number of benzene rings is 8. The Morgan fingerprint density at radius 1 is 0.370 bits per heavy atom. The number of para-hydroxylation sites is 3. The van der Waals surface area contributed by atoms with E-state index in [2.05, 4.69) is 193 Å². The van der Waals surface area contributed by atoms with E-state index in [0.29, 0.717) is 0 Å². The maximum absolute atomic E-state index is 2.49. The fraction of sp³-hybridized carbons (Fsp3) is 0.0588. The minimum atomic E-state index is -0.137. The summed E-state index contributed by atoms with van der Waals surface area (Å²) >= 11 is 1.89. The molecule has 0 N–H and O–H groups in total. The highest BCUT2D eigenvalue weighted by atomic mass is 32.1. The molecule has 3 heterocycles. The van der Waals surface area contributed by atoms with Crippen LogP contribution < -0.4 is 0 Å². The number of aromatic nitrogens is 2. The smallest absolute Gasteiger partial charge is 0.0548 e. The maximum Gasteiger partial charge on any atom is 0.0548 e. The van der Waals surface area contributed by atoms with Gasteiger partial charge >= 0.3 is 0 Å². The zero-order valence-corrected chi connectivity index (χ0v) is 30.8. The number of hydrogen-bond acceptors (Lipinski definition) is 1. The summed E-state index contributed by atoms with van der Waals surface area (Å²) in [6.07, 6.45) is 0. The lowest BCUT2D eigenvalue weighted by atomic mass is 9.82. The van der Waals surface area contributed by atoms with E-state index in [4.69, 9.17) is 0 Å². The molecule has 1 aliphatic carbocycles. The van der Waals surface area contributed by atoms with Crippen LogP contribution in [0.25, 0.3) is 97.4 Å². The zero-order chi connectivity index (χ0) is 35.7. The fourth-order valence-corrected chi connectivity index (χ4v) is 10.7. The van der Waals surface area contributed by atoms with Crippen molar-refractivity contribution >= 4 is 75.1 Å². The molecule has 0 atom stereocenters. The normalized spacial score (nSPS) is 13.5. The van der Waals surface area contributed by atoms with Gasteiger partial charge in [0.1, 0.15) is 0 Å². The molecule has 0 unspecified atom stereocenters. The van der Waals surface area contributed by atoms with Crippen molar-refractivity contribution in [3.8, 4) is 33.6 Å². The van der Waals surface area contributed by atoms with E-state index in [0.717, 1.165) is 0 Å². The van der Waals surface area contributed by atoms with Crippen LogP contribution >= 0.6 is 11.3 Å². The van der Waals surface area contributed by atoms with Gasteiger partial charge < -0.3 is 9.13 Å². The average Bonchev–Trinajstić information content (AvgIpc) is 3.92. The molecule has 3 heteroatoms. The first-order valence-electron chi connectivity index (χ1n) is 18.8. The van der Waals surface area contributed by atoms with Crippen molar-refractivity contribution < 1.29 is 0 Å². The Hall–Kier alpha value is -6.42. The summed E-state index contributed by atoms with van der Waals surface area (Å²) in [7, 11) is 0. The second-order valence-electron chi connectivity index (χ2n) is 15.4. The van der Waals surface area contributed by atoms with Crippen LogP contribution in [-0.2, 0) is 5.41 Å². The van der Waals surface area contributed by atoms with Gasteiger partial charge in [0.2, 0.25) is 0 Å². The largest absolute Gasteiger partial charge is 0.309 e. The van der Waals surface area contributed by atoms with Gasteiger partial charge in [-0.15, -0.1) is 11.3 Å². The van der Waals surface area contributed by atoms with Crippen molar-refractivity contribution in [1.82, 2.24) is 9.13 Å². The average molecular weight is 707 g/mol. The molecule has 254 valence electrons. The van der Waals surface area contributed by atoms with Crippen molar-refractivity contribution in [2.45, 2.75) is 19.3 Å². The van der Waals surface area contributed by atoms with Crippen molar-refractivity contribution in [2.75, 3.05) is 0 Å². The van der Waals surface area contributed by atoms with Crippen LogP contribution in [0.3, 0.4) is 0 Å². The highest BCUT2D eigenvalue weighted by Gasteiger charge is 2.36. The van der Waals surface area contributed by atoms with Gasteiger partial charge in [0.15, 0.2) is 0 Å². The van der Waals surface area contributed by atoms with E-state index in [-0.39, 0.29) is 5.41 Å². The van der Waals surface area contributed by atoms with Crippen LogP contribution in [0, 0.1) is 0 Å². The molecule has 2 nitrogen and oxygen atoms in total. The van der Waals surface area contributed by atoms with Crippen LogP contribution in [0.15, 0.2) is 170 Å². The van der Waals surface area contributed by atoms with Crippen molar-refractivity contribution in [2.24, 2.45) is 0 Å². The molecule has 0 fully saturated rings. The molecule has 12 rings (SSSR count). The van der Waals surface area contributed by atoms with E-state index in [1.165, 1.54) is 109 Å². The minimum Gasteiger partial charge on any atom is -0.309 e. The Morgan fingerprint density at radius 3 is 1.80 bits per heavy atom. The molecule has 0 bridgehead atoms. The summed E-state index contributed by atoms with van der Waals surface area (Å²) in [5, 5.41) is 7.81. The third kappa shape index (κ3) is 4.05. The van der Waals surface area contributed by atoms with Crippen LogP contribution in [0.2, 0.25) is 0 Å². The third-order valence-electron chi connectivity index (χ3n) is 12.1. The number of hydrogen-bond donors (Lipinski definition) is 0. The Morgan fingerprint density at radius 2 is 1.00 bits per heavy atom. The van der Waals surface area contributed by atoms with Gasteiger partial charge in [-0.25, -0.2) is 0 Å². The van der Waals surface area contributed by atoms with Gasteiger partial charge in [-0.1, -0.05) is 111 Å². The highest BCUT2D eigenvalue weighted by molar-refractivity contribution is 7.25. The van der Waals surface area contributed by atoms with Crippen molar-refractivity contribution in [1.29, 1.82) is 0 Å². The van der Waals surface area contributed by atoms with Gasteiger partial charge in [-0.2, -0.15) is 0 Å². The third-order valence-corrected chi connectivity index (χ3v) is 13.2. The Bertz CT molecular complexity index is 3350. The van der Waals surface area contributed by atoms with Crippen LogP contribution in [0.1, 0.15) is 25.0 Å². The summed E-state index contributed by atoms with van der Waals surface area (Å²) in [5.74, 6) is 0. The highest BCUT2D eigenvalue weighted by Crippen LogP contribution is 2.51. The summed E-state index contributed by atoms with van der Waals surface area (Å²) < 4.78 is 7.55. The van der Waals surface area contributed by atoms with Crippen LogP contribution in [-0.4, -0.2) is 9.13 Å². The molecule has 0 saturated heterocycles. The summed E-state index contributed by atoms with van der Waals surface area (Å²) in [4.78, 5) is 0. The van der Waals surface area contributed by atoms with E-state index >= 15 is 0 Å². The molecule has 1 aliphatic rings. The molecule has 0 spiro atoms. The molecule has 0 radical (unpaired) electrons. The summed E-state index contributed by atoms with van der Waals surface area (Å²) in [6, 6.07) is 63.3. The molecule has 11 aromatic rings. The first-order chi connectivity index (χ1) is 26.5.